The van der Waals surface area contributed by atoms with Gasteiger partial charge in [-0.2, -0.15) is 13.2 Å². The fraction of sp³-hybridized carbons (Fsp3) is 0.360. The predicted octanol–water partition coefficient (Wildman–Crippen LogP) is 3.26. The summed E-state index contributed by atoms with van der Waals surface area (Å²) in [6, 6.07) is 4.92. The number of ether oxygens (including phenoxy) is 1. The molecule has 0 saturated heterocycles. The van der Waals surface area contributed by atoms with Gasteiger partial charge in [-0.05, 0) is 36.6 Å². The van der Waals surface area contributed by atoms with E-state index in [0.717, 1.165) is 36.5 Å². The van der Waals surface area contributed by atoms with Crippen molar-refractivity contribution in [2.75, 3.05) is 26.0 Å². The number of sulfone groups is 1. The molecule has 2 amide bonds. The van der Waals surface area contributed by atoms with E-state index in [0.29, 0.717) is 21.4 Å². The molecule has 2 heterocycles. The van der Waals surface area contributed by atoms with Crippen LogP contribution in [0.2, 0.25) is 0 Å². The smallest absolute Gasteiger partial charge is 0.384 e. The highest BCUT2D eigenvalue weighted by molar-refractivity contribution is 7.92. The van der Waals surface area contributed by atoms with Gasteiger partial charge in [0.25, 0.3) is 0 Å². The summed E-state index contributed by atoms with van der Waals surface area (Å²) in [6.07, 6.45) is 3.37. The van der Waals surface area contributed by atoms with Crippen LogP contribution in [-0.2, 0) is 24.2 Å². The maximum absolute atomic E-state index is 13.1. The summed E-state index contributed by atoms with van der Waals surface area (Å²) in [5.41, 5.74) is 0.266. The number of rotatable bonds is 10. The Morgan fingerprint density at radius 2 is 1.95 bits per heavy atom. The number of methoxy groups -OCH3 is 1. The third kappa shape index (κ3) is 7.40. The molecule has 4 rings (SSSR count). The van der Waals surface area contributed by atoms with E-state index in [2.05, 4.69) is 20.6 Å². The van der Waals surface area contributed by atoms with Gasteiger partial charge in [-0.25, -0.2) is 13.4 Å². The minimum atomic E-state index is -4.61. The number of nitrogens with one attached hydrogen (secondary N) is 2. The van der Waals surface area contributed by atoms with Crippen LogP contribution in [0.1, 0.15) is 28.7 Å². The first-order valence-corrected chi connectivity index (χ1v) is 14.4. The van der Waals surface area contributed by atoms with Gasteiger partial charge in [0.05, 0.1) is 29.1 Å². The normalized spacial score (nSPS) is 17.5. The van der Waals surface area contributed by atoms with Crippen LogP contribution < -0.4 is 10.6 Å². The third-order valence-electron chi connectivity index (χ3n) is 5.77. The van der Waals surface area contributed by atoms with Gasteiger partial charge in [-0.3, -0.25) is 14.6 Å². The number of hydrogen-bond acceptors (Lipinski definition) is 8. The van der Waals surface area contributed by atoms with Crippen LogP contribution in [0.5, 0.6) is 0 Å². The highest BCUT2D eigenvalue weighted by Gasteiger charge is 2.37. The number of carbonyl (C=O) groups is 2. The van der Waals surface area contributed by atoms with Crippen molar-refractivity contribution in [3.8, 4) is 0 Å². The number of nitrogens with zero attached hydrogens (tertiary/aromatic N) is 2. The molecule has 0 radical (unpaired) electrons. The van der Waals surface area contributed by atoms with E-state index in [1.54, 1.807) is 24.3 Å². The standard InChI is InChI=1S/C25H25F3N4O5S2/c1-37-10-11-39(35,36)22(23(34)30-14-21(33)31-17-7-8-17)24-32-18-9-6-15(12-19(18)38-24)16-4-2-3-5-20(29-13-16)25(26,27)28/h2-6,9,12-13,17,22H,7-8,10-11,14H2,1H3,(H,30,34)(H,31,33)/b3-2?,4-2?,5-3+,16-4?,16-13?,20-5?,29-13?,29-20?. The summed E-state index contributed by atoms with van der Waals surface area (Å²) in [4.78, 5) is 33.0. The fourth-order valence-electron chi connectivity index (χ4n) is 3.62. The Hall–Kier alpha value is -3.36. The Labute approximate surface area is 226 Å². The highest BCUT2D eigenvalue weighted by atomic mass is 32.2. The van der Waals surface area contributed by atoms with Gasteiger partial charge in [0.1, 0.15) is 10.7 Å². The van der Waals surface area contributed by atoms with E-state index < -0.39 is 44.5 Å². The maximum atomic E-state index is 13.1. The van der Waals surface area contributed by atoms with Crippen LogP contribution in [0.3, 0.4) is 0 Å². The zero-order chi connectivity index (χ0) is 28.2. The van der Waals surface area contributed by atoms with Gasteiger partial charge in [0.15, 0.2) is 15.1 Å². The Bertz CT molecular complexity index is 1490. The second-order valence-electron chi connectivity index (χ2n) is 8.85. The third-order valence-corrected chi connectivity index (χ3v) is 8.90. The first kappa shape index (κ1) is 28.6. The van der Waals surface area contributed by atoms with Crippen molar-refractivity contribution in [1.29, 1.82) is 0 Å². The Kier molecular flexibility index (Phi) is 8.67. The number of amides is 2. The first-order valence-electron chi connectivity index (χ1n) is 11.9. The Morgan fingerprint density at radius 3 is 2.64 bits per heavy atom. The van der Waals surface area contributed by atoms with Gasteiger partial charge < -0.3 is 15.4 Å². The maximum Gasteiger partial charge on any atom is 0.433 e. The second kappa shape index (κ2) is 11.8. The van der Waals surface area contributed by atoms with Crippen LogP contribution in [0.15, 0.2) is 53.7 Å². The van der Waals surface area contributed by atoms with Crippen LogP contribution >= 0.6 is 11.3 Å². The SMILES string of the molecule is COCCS(=O)(=O)C(C(=O)NCC(=O)NC1CC1)c1nc2ccc(C3=CN=C(C(F)(F)F)/C=C/C=C3)cc2s1. The van der Waals surface area contributed by atoms with Crippen molar-refractivity contribution >= 4 is 54.5 Å². The lowest BCUT2D eigenvalue weighted by molar-refractivity contribution is -0.126. The van der Waals surface area contributed by atoms with Crippen molar-refractivity contribution < 1.29 is 35.9 Å². The Morgan fingerprint density at radius 1 is 1.21 bits per heavy atom. The zero-order valence-corrected chi connectivity index (χ0v) is 22.3. The highest BCUT2D eigenvalue weighted by Crippen LogP contribution is 2.34. The summed E-state index contributed by atoms with van der Waals surface area (Å²) >= 11 is 0.968. The molecule has 14 heteroatoms. The number of halogens is 3. The van der Waals surface area contributed by atoms with E-state index in [1.807, 2.05) is 0 Å². The average Bonchev–Trinajstić information content (AvgIpc) is 3.56. The van der Waals surface area contributed by atoms with E-state index in [9.17, 15) is 31.2 Å². The van der Waals surface area contributed by atoms with E-state index in [1.165, 1.54) is 19.3 Å². The molecule has 2 aromatic rings. The summed E-state index contributed by atoms with van der Waals surface area (Å²) in [7, 11) is -2.74. The van der Waals surface area contributed by atoms with E-state index >= 15 is 0 Å². The number of allylic oxidation sites excluding steroid dienone is 5. The van der Waals surface area contributed by atoms with Crippen molar-refractivity contribution in [2.24, 2.45) is 4.99 Å². The van der Waals surface area contributed by atoms with Crippen LogP contribution in [0, 0.1) is 0 Å². The number of aliphatic imine (C=N–C) groups is 1. The summed E-state index contributed by atoms with van der Waals surface area (Å²) in [5, 5.41) is 3.44. The molecule has 1 fully saturated rings. The van der Waals surface area contributed by atoms with Gasteiger partial charge in [0, 0.05) is 24.9 Å². The molecular weight excluding hydrogens is 557 g/mol. The molecule has 1 atom stereocenters. The minimum Gasteiger partial charge on any atom is -0.384 e. The lowest BCUT2D eigenvalue weighted by atomic mass is 10.1. The monoisotopic (exact) mass is 582 g/mol. The van der Waals surface area contributed by atoms with Crippen molar-refractivity contribution in [3.05, 3.63) is 59.3 Å². The van der Waals surface area contributed by atoms with Gasteiger partial charge in [-0.15, -0.1) is 11.3 Å². The summed E-state index contributed by atoms with van der Waals surface area (Å²) < 4.78 is 71.0. The second-order valence-corrected chi connectivity index (χ2v) is 12.1. The molecule has 1 aromatic heterocycles. The van der Waals surface area contributed by atoms with Crippen molar-refractivity contribution in [1.82, 2.24) is 15.6 Å². The van der Waals surface area contributed by atoms with E-state index in [4.69, 9.17) is 4.74 Å². The molecule has 1 aromatic carbocycles. The topological polar surface area (TPSA) is 127 Å². The molecule has 208 valence electrons. The van der Waals surface area contributed by atoms with Gasteiger partial charge in [-0.1, -0.05) is 24.3 Å². The molecule has 1 saturated carbocycles. The quantitative estimate of drug-likeness (QED) is 0.443. The lowest BCUT2D eigenvalue weighted by Crippen LogP contribution is -2.41. The molecule has 1 aliphatic heterocycles. The van der Waals surface area contributed by atoms with Crippen molar-refractivity contribution in [2.45, 2.75) is 30.3 Å². The molecule has 9 nitrogen and oxygen atoms in total. The molecule has 1 aliphatic carbocycles. The van der Waals surface area contributed by atoms with Crippen molar-refractivity contribution in [3.63, 3.8) is 0 Å². The molecule has 0 bridgehead atoms. The van der Waals surface area contributed by atoms with Gasteiger partial charge in [0.2, 0.25) is 11.8 Å². The number of benzene rings is 1. The predicted molar refractivity (Wildman–Crippen MR) is 142 cm³/mol. The minimum absolute atomic E-state index is 0.000791. The zero-order valence-electron chi connectivity index (χ0n) is 20.7. The number of hydrogen-bond donors (Lipinski definition) is 2. The van der Waals surface area contributed by atoms with Crippen LogP contribution in [0.4, 0.5) is 13.2 Å². The first-order chi connectivity index (χ1) is 18.5. The Balaban J connectivity index is 1.64. The van der Waals surface area contributed by atoms with Gasteiger partial charge >= 0.3 is 6.18 Å². The molecule has 39 heavy (non-hydrogen) atoms. The summed E-state index contributed by atoms with van der Waals surface area (Å²) in [6.45, 7) is -0.519. The number of alkyl halides is 3. The fourth-order valence-corrected chi connectivity index (χ4v) is 6.59. The van der Waals surface area contributed by atoms with Crippen LogP contribution in [-0.4, -0.2) is 69.2 Å². The van der Waals surface area contributed by atoms with E-state index in [-0.39, 0.29) is 24.2 Å². The molecule has 0 spiro atoms. The largest absolute Gasteiger partial charge is 0.433 e. The van der Waals surface area contributed by atoms with Crippen LogP contribution in [0.25, 0.3) is 15.8 Å². The molecule has 2 N–H and O–H groups in total. The lowest BCUT2D eigenvalue weighted by Gasteiger charge is -2.15. The number of carbonyl (C=O) groups excluding carboxylic acids is 2. The number of aromatic nitrogens is 1. The average molecular weight is 583 g/mol. The molecule has 2 aliphatic rings. The summed E-state index contributed by atoms with van der Waals surface area (Å²) in [5.74, 6) is -1.75. The number of thiazole rings is 1. The molecule has 1 unspecified atom stereocenters. The molecular formula is C25H25F3N4O5S2. The number of fused-ring (bicyclic) bond motifs is 1.